The number of carbonyl (C=O) groups is 2. The third-order valence-corrected chi connectivity index (χ3v) is 10.4. The van der Waals surface area contributed by atoms with Gasteiger partial charge in [0.05, 0.1) is 27.7 Å². The van der Waals surface area contributed by atoms with Gasteiger partial charge in [0.15, 0.2) is 12.2 Å². The van der Waals surface area contributed by atoms with Crippen molar-refractivity contribution in [2.75, 3.05) is 47.5 Å². The summed E-state index contributed by atoms with van der Waals surface area (Å²) in [4.78, 5) is 35.4. The quantitative estimate of drug-likeness (QED) is 0.0206. The standard InChI is InChI=1S/C42H82NO9P/c1-6-8-10-12-14-16-18-20-21-22-24-26-28-30-32-34-41(45)52-39(38-51-53(47,48)50-36-35-43(3,4)5)37-49-42(46)40(44)33-31-29-27-25-23-19-17-15-13-11-9-7-2/h20-21,39-40,44H,6-19,22-38H2,1-5H3/p+1/b21-20+/t39-,40+/m0/s1. The molecule has 0 spiro atoms. The number of quaternary nitrogens is 1. The summed E-state index contributed by atoms with van der Waals surface area (Å²) in [6.07, 6.45) is 31.9. The molecule has 11 heteroatoms. The lowest BCUT2D eigenvalue weighted by Crippen LogP contribution is -2.37. The molecule has 3 atom stereocenters. The molecule has 0 aliphatic rings. The predicted molar refractivity (Wildman–Crippen MR) is 217 cm³/mol. The van der Waals surface area contributed by atoms with Crippen LogP contribution >= 0.6 is 7.82 Å². The van der Waals surface area contributed by atoms with Crippen molar-refractivity contribution in [3.05, 3.63) is 12.2 Å². The largest absolute Gasteiger partial charge is 0.472 e. The molecule has 10 nitrogen and oxygen atoms in total. The molecular weight excluding hydrogens is 693 g/mol. The molecule has 0 aliphatic heterocycles. The molecular formula is C42H83NO9P+. The fraction of sp³-hybridized carbons (Fsp3) is 0.905. The number of esters is 2. The zero-order chi connectivity index (χ0) is 39.5. The van der Waals surface area contributed by atoms with Gasteiger partial charge in [0, 0.05) is 6.42 Å². The number of rotatable bonds is 39. The molecule has 0 aromatic heterocycles. The Kier molecular flexibility index (Phi) is 34.3. The van der Waals surface area contributed by atoms with Crippen molar-refractivity contribution >= 4 is 19.8 Å². The van der Waals surface area contributed by atoms with Crippen molar-refractivity contribution in [3.8, 4) is 0 Å². The average molecular weight is 777 g/mol. The monoisotopic (exact) mass is 777 g/mol. The van der Waals surface area contributed by atoms with Crippen molar-refractivity contribution < 1.29 is 47.2 Å². The summed E-state index contributed by atoms with van der Waals surface area (Å²) in [6.45, 7) is 4.07. The second kappa shape index (κ2) is 35.1. The molecule has 2 N–H and O–H groups in total. The highest BCUT2D eigenvalue weighted by Crippen LogP contribution is 2.43. The number of hydrogen-bond donors (Lipinski definition) is 2. The van der Waals surface area contributed by atoms with E-state index in [0.717, 1.165) is 51.4 Å². The fourth-order valence-electron chi connectivity index (χ4n) is 5.91. The lowest BCUT2D eigenvalue weighted by molar-refractivity contribution is -0.870. The molecule has 0 aromatic carbocycles. The zero-order valence-electron chi connectivity index (χ0n) is 34.9. The minimum atomic E-state index is -4.43. The molecule has 0 rings (SSSR count). The first-order valence-corrected chi connectivity index (χ1v) is 23.0. The van der Waals surface area contributed by atoms with E-state index in [1.165, 1.54) is 96.3 Å². The minimum absolute atomic E-state index is 0.00246. The Morgan fingerprint density at radius 3 is 1.58 bits per heavy atom. The molecule has 0 saturated carbocycles. The maximum Gasteiger partial charge on any atom is 0.472 e. The second-order valence-electron chi connectivity index (χ2n) is 15.9. The van der Waals surface area contributed by atoms with Crippen molar-refractivity contribution in [3.63, 3.8) is 0 Å². The van der Waals surface area contributed by atoms with Gasteiger partial charge < -0.3 is 24.0 Å². The van der Waals surface area contributed by atoms with Crippen LogP contribution in [0.4, 0.5) is 0 Å². The summed E-state index contributed by atoms with van der Waals surface area (Å²) >= 11 is 0. The number of nitrogens with zero attached hydrogens (tertiary/aromatic N) is 1. The topological polar surface area (TPSA) is 129 Å². The van der Waals surface area contributed by atoms with Gasteiger partial charge in [0.1, 0.15) is 19.8 Å². The molecule has 53 heavy (non-hydrogen) atoms. The number of carbonyl (C=O) groups excluding carboxylic acids is 2. The third kappa shape index (κ3) is 37.4. The molecule has 1 unspecified atom stereocenters. The van der Waals surface area contributed by atoms with E-state index in [4.69, 9.17) is 18.5 Å². The summed E-state index contributed by atoms with van der Waals surface area (Å²) in [5.41, 5.74) is 0. The second-order valence-corrected chi connectivity index (χ2v) is 17.3. The maximum atomic E-state index is 12.7. The Hall–Kier alpha value is -1.29. The van der Waals surface area contributed by atoms with Crippen LogP contribution in [-0.4, -0.2) is 86.1 Å². The highest BCUT2D eigenvalue weighted by molar-refractivity contribution is 7.47. The van der Waals surface area contributed by atoms with Gasteiger partial charge in [-0.3, -0.25) is 13.8 Å². The molecule has 0 saturated heterocycles. The van der Waals surface area contributed by atoms with Crippen LogP contribution in [0.15, 0.2) is 12.2 Å². The van der Waals surface area contributed by atoms with E-state index in [2.05, 4.69) is 26.0 Å². The van der Waals surface area contributed by atoms with E-state index in [9.17, 15) is 24.2 Å². The average Bonchev–Trinajstić information content (AvgIpc) is 3.10. The van der Waals surface area contributed by atoms with Crippen molar-refractivity contribution in [1.29, 1.82) is 0 Å². The summed E-state index contributed by atoms with van der Waals surface area (Å²) in [7, 11) is 1.36. The van der Waals surface area contributed by atoms with Crippen LogP contribution in [0, 0.1) is 0 Å². The highest BCUT2D eigenvalue weighted by atomic mass is 31.2. The summed E-state index contributed by atoms with van der Waals surface area (Å²) in [5.74, 6) is -1.30. The molecule has 0 fully saturated rings. The normalized spacial score (nSPS) is 14.3. The predicted octanol–water partition coefficient (Wildman–Crippen LogP) is 10.8. The lowest BCUT2D eigenvalue weighted by atomic mass is 10.0. The number of ether oxygens (including phenoxy) is 2. The number of allylic oxidation sites excluding steroid dienone is 2. The number of unbranched alkanes of at least 4 members (excludes halogenated alkanes) is 22. The van der Waals surface area contributed by atoms with Gasteiger partial charge in [0.2, 0.25) is 0 Å². The lowest BCUT2D eigenvalue weighted by Gasteiger charge is -2.24. The van der Waals surface area contributed by atoms with Crippen LogP contribution in [0.2, 0.25) is 0 Å². The Morgan fingerprint density at radius 2 is 1.09 bits per heavy atom. The Bertz CT molecular complexity index is 940. The van der Waals surface area contributed by atoms with Crippen LogP contribution in [0.3, 0.4) is 0 Å². The van der Waals surface area contributed by atoms with E-state index in [-0.39, 0.29) is 13.0 Å². The first-order chi connectivity index (χ1) is 25.4. The van der Waals surface area contributed by atoms with Gasteiger partial charge in [0.25, 0.3) is 0 Å². The Balaban J connectivity index is 4.50. The molecule has 0 amide bonds. The van der Waals surface area contributed by atoms with E-state index in [1.807, 2.05) is 21.1 Å². The van der Waals surface area contributed by atoms with Crippen molar-refractivity contribution in [2.24, 2.45) is 0 Å². The SMILES string of the molecule is CCCCCCCC/C=C/CCCCCCCC(=O)O[C@@H](COC(=O)[C@H](O)CCCCCCCCCCCCCC)COP(=O)(O)OCC[N+](C)(C)C. The number of phosphoric acid groups is 1. The van der Waals surface area contributed by atoms with Crippen LogP contribution in [-0.2, 0) is 32.7 Å². The van der Waals surface area contributed by atoms with Gasteiger partial charge in [-0.2, -0.15) is 0 Å². The van der Waals surface area contributed by atoms with Crippen molar-refractivity contribution in [1.82, 2.24) is 0 Å². The Labute approximate surface area is 325 Å². The molecule has 0 aromatic rings. The van der Waals surface area contributed by atoms with Gasteiger partial charge in [-0.25, -0.2) is 9.36 Å². The van der Waals surface area contributed by atoms with Gasteiger partial charge in [-0.15, -0.1) is 0 Å². The number of aliphatic hydroxyl groups is 1. The maximum absolute atomic E-state index is 12.7. The van der Waals surface area contributed by atoms with Crippen molar-refractivity contribution in [2.45, 2.75) is 199 Å². The number of aliphatic hydroxyl groups excluding tert-OH is 1. The highest BCUT2D eigenvalue weighted by Gasteiger charge is 2.27. The molecule has 0 aliphatic carbocycles. The number of likely N-dealkylation sites (N-methyl/N-ethyl adjacent to an activating group) is 1. The number of hydrogen-bond acceptors (Lipinski definition) is 8. The Morgan fingerprint density at radius 1 is 0.642 bits per heavy atom. The smallest absolute Gasteiger partial charge is 0.460 e. The first-order valence-electron chi connectivity index (χ1n) is 21.5. The van der Waals surface area contributed by atoms with E-state index < -0.39 is 45.2 Å². The minimum Gasteiger partial charge on any atom is -0.460 e. The first kappa shape index (κ1) is 51.7. The van der Waals surface area contributed by atoms with E-state index in [1.54, 1.807) is 0 Å². The van der Waals surface area contributed by atoms with Crippen LogP contribution in [0.1, 0.15) is 187 Å². The van der Waals surface area contributed by atoms with Gasteiger partial charge in [-0.1, -0.05) is 154 Å². The van der Waals surface area contributed by atoms with Crippen LogP contribution in [0.5, 0.6) is 0 Å². The molecule has 0 heterocycles. The summed E-state index contributed by atoms with van der Waals surface area (Å²) < 4.78 is 34.0. The van der Waals surface area contributed by atoms with Crippen LogP contribution < -0.4 is 0 Å². The molecule has 314 valence electrons. The zero-order valence-corrected chi connectivity index (χ0v) is 35.8. The molecule has 0 radical (unpaired) electrons. The molecule has 0 bridgehead atoms. The van der Waals surface area contributed by atoms with E-state index in [0.29, 0.717) is 30.3 Å². The summed E-state index contributed by atoms with van der Waals surface area (Å²) in [5, 5.41) is 10.4. The van der Waals surface area contributed by atoms with Crippen LogP contribution in [0.25, 0.3) is 0 Å². The fourth-order valence-corrected chi connectivity index (χ4v) is 6.66. The summed E-state index contributed by atoms with van der Waals surface area (Å²) in [6, 6.07) is 0. The van der Waals surface area contributed by atoms with E-state index >= 15 is 0 Å². The third-order valence-electron chi connectivity index (χ3n) is 9.40. The number of phosphoric ester groups is 1. The van der Waals surface area contributed by atoms with Gasteiger partial charge in [-0.05, 0) is 38.5 Å². The van der Waals surface area contributed by atoms with Gasteiger partial charge >= 0.3 is 19.8 Å².